The molecule has 3 N–H and O–H groups in total. The van der Waals surface area contributed by atoms with Crippen LogP contribution in [-0.4, -0.2) is 22.4 Å². The second kappa shape index (κ2) is 4.17. The molecule has 5 nitrogen and oxygen atoms in total. The molecular formula is C12H14ClN3O2. The van der Waals surface area contributed by atoms with Gasteiger partial charge < -0.3 is 11.1 Å². The summed E-state index contributed by atoms with van der Waals surface area (Å²) in [5.74, 6) is -0.262. The Bertz CT molecular complexity index is 528. The lowest BCUT2D eigenvalue weighted by Crippen LogP contribution is -2.40. The zero-order valence-electron chi connectivity index (χ0n) is 10.2. The fraction of sp³-hybridized carbons (Fsp3) is 0.333. The second-order valence-electron chi connectivity index (χ2n) is 4.79. The maximum Gasteiger partial charge on any atom is 0.325 e. The van der Waals surface area contributed by atoms with Gasteiger partial charge in [-0.05, 0) is 31.5 Å². The summed E-state index contributed by atoms with van der Waals surface area (Å²) < 4.78 is 0. The summed E-state index contributed by atoms with van der Waals surface area (Å²) >= 11 is 5.80. The largest absolute Gasteiger partial charge is 0.398 e. The number of imide groups is 1. The lowest BCUT2D eigenvalue weighted by Gasteiger charge is -2.16. The van der Waals surface area contributed by atoms with Crippen molar-refractivity contribution < 1.29 is 9.59 Å². The van der Waals surface area contributed by atoms with E-state index in [1.165, 1.54) is 0 Å². The minimum Gasteiger partial charge on any atom is -0.398 e. The molecule has 96 valence electrons. The van der Waals surface area contributed by atoms with E-state index in [4.69, 9.17) is 17.3 Å². The Morgan fingerprint density at radius 1 is 1.39 bits per heavy atom. The number of urea groups is 1. The molecule has 0 aromatic heterocycles. The molecule has 1 aromatic carbocycles. The molecule has 1 heterocycles. The second-order valence-corrected chi connectivity index (χ2v) is 5.23. The predicted octanol–water partition coefficient (Wildman–Crippen LogP) is 1.75. The van der Waals surface area contributed by atoms with Crippen LogP contribution in [-0.2, 0) is 11.3 Å². The van der Waals surface area contributed by atoms with Crippen LogP contribution in [0.1, 0.15) is 19.4 Å². The topological polar surface area (TPSA) is 75.4 Å². The maximum absolute atomic E-state index is 12.0. The molecule has 1 aliphatic heterocycles. The van der Waals surface area contributed by atoms with Crippen LogP contribution in [0.4, 0.5) is 10.5 Å². The first kappa shape index (κ1) is 12.7. The van der Waals surface area contributed by atoms with Gasteiger partial charge in [-0.25, -0.2) is 4.79 Å². The number of carbonyl (C=O) groups is 2. The van der Waals surface area contributed by atoms with Crippen LogP contribution in [0, 0.1) is 0 Å². The van der Waals surface area contributed by atoms with E-state index in [0.29, 0.717) is 16.3 Å². The fourth-order valence-electron chi connectivity index (χ4n) is 1.84. The number of carbonyl (C=O) groups excluding carboxylic acids is 2. The highest BCUT2D eigenvalue weighted by Gasteiger charge is 2.44. The fourth-order valence-corrected chi connectivity index (χ4v) is 2.02. The zero-order chi connectivity index (χ0) is 13.5. The van der Waals surface area contributed by atoms with Crippen molar-refractivity contribution in [3.05, 3.63) is 28.8 Å². The van der Waals surface area contributed by atoms with Crippen LogP contribution in [0.3, 0.4) is 0 Å². The Kier molecular flexibility index (Phi) is 2.94. The number of nitrogen functional groups attached to an aromatic ring is 1. The normalized spacial score (nSPS) is 18.1. The smallest absolute Gasteiger partial charge is 0.325 e. The van der Waals surface area contributed by atoms with Gasteiger partial charge in [0.1, 0.15) is 5.54 Å². The molecule has 1 saturated heterocycles. The van der Waals surface area contributed by atoms with Crippen molar-refractivity contribution >= 4 is 29.2 Å². The number of nitrogens with zero attached hydrogens (tertiary/aromatic N) is 1. The highest BCUT2D eigenvalue weighted by Crippen LogP contribution is 2.23. The van der Waals surface area contributed by atoms with Crippen molar-refractivity contribution in [2.75, 3.05) is 5.73 Å². The SMILES string of the molecule is CC1(C)NC(=O)N(Cc2ccc(Cl)cc2N)C1=O. The van der Waals surface area contributed by atoms with E-state index in [1.807, 2.05) is 0 Å². The molecule has 0 radical (unpaired) electrons. The Morgan fingerprint density at radius 2 is 2.06 bits per heavy atom. The van der Waals surface area contributed by atoms with E-state index < -0.39 is 11.6 Å². The lowest BCUT2D eigenvalue weighted by atomic mass is 10.1. The Labute approximate surface area is 110 Å². The Hall–Kier alpha value is -1.75. The van der Waals surface area contributed by atoms with Crippen molar-refractivity contribution in [2.24, 2.45) is 0 Å². The molecule has 0 saturated carbocycles. The Morgan fingerprint density at radius 3 is 2.56 bits per heavy atom. The maximum atomic E-state index is 12.0. The van der Waals surface area contributed by atoms with E-state index >= 15 is 0 Å². The van der Waals surface area contributed by atoms with Crippen LogP contribution >= 0.6 is 11.6 Å². The standard InChI is InChI=1S/C12H14ClN3O2/c1-12(2)10(17)16(11(18)15-12)6-7-3-4-8(13)5-9(7)14/h3-5H,6,14H2,1-2H3,(H,15,18). The van der Waals surface area contributed by atoms with Gasteiger partial charge in [0.25, 0.3) is 5.91 Å². The molecular weight excluding hydrogens is 254 g/mol. The molecule has 1 fully saturated rings. The van der Waals surface area contributed by atoms with E-state index in [9.17, 15) is 9.59 Å². The summed E-state index contributed by atoms with van der Waals surface area (Å²) in [6.45, 7) is 3.48. The van der Waals surface area contributed by atoms with Crippen molar-refractivity contribution in [3.63, 3.8) is 0 Å². The minimum absolute atomic E-state index is 0.150. The number of amides is 3. The van der Waals surface area contributed by atoms with Gasteiger partial charge in [0.2, 0.25) is 0 Å². The van der Waals surface area contributed by atoms with Crippen molar-refractivity contribution in [1.82, 2.24) is 10.2 Å². The van der Waals surface area contributed by atoms with Crippen LogP contribution in [0.2, 0.25) is 5.02 Å². The molecule has 6 heteroatoms. The van der Waals surface area contributed by atoms with Gasteiger partial charge >= 0.3 is 6.03 Å². The number of nitrogens with one attached hydrogen (secondary N) is 1. The van der Waals surface area contributed by atoms with E-state index in [1.54, 1.807) is 32.0 Å². The van der Waals surface area contributed by atoms with Crippen molar-refractivity contribution in [3.8, 4) is 0 Å². The minimum atomic E-state index is -0.863. The molecule has 1 aliphatic rings. The molecule has 2 rings (SSSR count). The number of rotatable bonds is 2. The third kappa shape index (κ3) is 2.13. The van der Waals surface area contributed by atoms with Gasteiger partial charge in [-0.1, -0.05) is 17.7 Å². The molecule has 18 heavy (non-hydrogen) atoms. The molecule has 0 unspecified atom stereocenters. The molecule has 1 aromatic rings. The summed E-state index contributed by atoms with van der Waals surface area (Å²) in [6, 6.07) is 4.58. The van der Waals surface area contributed by atoms with Gasteiger partial charge in [-0.2, -0.15) is 0 Å². The predicted molar refractivity (Wildman–Crippen MR) is 69.0 cm³/mol. The summed E-state index contributed by atoms with van der Waals surface area (Å²) in [5, 5.41) is 3.14. The van der Waals surface area contributed by atoms with Gasteiger partial charge in [0, 0.05) is 10.7 Å². The number of hydrogen-bond donors (Lipinski definition) is 2. The lowest BCUT2D eigenvalue weighted by molar-refractivity contribution is -0.130. The zero-order valence-corrected chi connectivity index (χ0v) is 10.9. The van der Waals surface area contributed by atoms with Gasteiger partial charge in [-0.3, -0.25) is 9.69 Å². The summed E-state index contributed by atoms with van der Waals surface area (Å²) in [4.78, 5) is 24.9. The number of anilines is 1. The molecule has 0 aliphatic carbocycles. The first-order valence-corrected chi connectivity index (χ1v) is 5.87. The van der Waals surface area contributed by atoms with Crippen molar-refractivity contribution in [2.45, 2.75) is 25.9 Å². The van der Waals surface area contributed by atoms with E-state index in [2.05, 4.69) is 5.32 Å². The molecule has 0 atom stereocenters. The summed E-state index contributed by atoms with van der Waals surface area (Å²) in [5.41, 5.74) is 6.10. The molecule has 0 bridgehead atoms. The average Bonchev–Trinajstić information content (AvgIpc) is 2.44. The highest BCUT2D eigenvalue weighted by molar-refractivity contribution is 6.30. The van der Waals surface area contributed by atoms with E-state index in [0.717, 1.165) is 4.90 Å². The first-order valence-electron chi connectivity index (χ1n) is 5.49. The van der Waals surface area contributed by atoms with Crippen LogP contribution < -0.4 is 11.1 Å². The molecule has 3 amide bonds. The van der Waals surface area contributed by atoms with E-state index in [-0.39, 0.29) is 12.5 Å². The highest BCUT2D eigenvalue weighted by atomic mass is 35.5. The first-order chi connectivity index (χ1) is 8.31. The summed E-state index contributed by atoms with van der Waals surface area (Å²) in [7, 11) is 0. The van der Waals surface area contributed by atoms with Crippen molar-refractivity contribution in [1.29, 1.82) is 0 Å². The van der Waals surface area contributed by atoms with Gasteiger partial charge in [0.15, 0.2) is 0 Å². The number of nitrogens with two attached hydrogens (primary N) is 1. The third-order valence-corrected chi connectivity index (χ3v) is 3.12. The number of halogens is 1. The quantitative estimate of drug-likeness (QED) is 0.633. The third-order valence-electron chi connectivity index (χ3n) is 2.88. The van der Waals surface area contributed by atoms with Gasteiger partial charge in [-0.15, -0.1) is 0 Å². The summed E-state index contributed by atoms with van der Waals surface area (Å²) in [6.07, 6.45) is 0. The number of hydrogen-bond acceptors (Lipinski definition) is 3. The average molecular weight is 268 g/mol. The van der Waals surface area contributed by atoms with Crippen LogP contribution in [0.15, 0.2) is 18.2 Å². The van der Waals surface area contributed by atoms with Crippen LogP contribution in [0.5, 0.6) is 0 Å². The number of benzene rings is 1. The Balaban J connectivity index is 2.24. The monoisotopic (exact) mass is 267 g/mol. The van der Waals surface area contributed by atoms with Crippen LogP contribution in [0.25, 0.3) is 0 Å². The molecule has 0 spiro atoms. The van der Waals surface area contributed by atoms with Gasteiger partial charge in [0.05, 0.1) is 6.54 Å².